The third-order valence-corrected chi connectivity index (χ3v) is 7.00. The van der Waals surface area contributed by atoms with Gasteiger partial charge >= 0.3 is 5.97 Å². The van der Waals surface area contributed by atoms with Gasteiger partial charge in [-0.15, -0.1) is 0 Å². The first-order valence-corrected chi connectivity index (χ1v) is 11.3. The third kappa shape index (κ3) is 5.50. The molecule has 1 amide bonds. The molecule has 2 aromatic carbocycles. The van der Waals surface area contributed by atoms with Crippen molar-refractivity contribution in [3.05, 3.63) is 59.7 Å². The maximum Gasteiger partial charge on any atom is 0.311 e. The number of nitrogens with one attached hydrogen (secondary N) is 1. The van der Waals surface area contributed by atoms with Crippen molar-refractivity contribution in [3.63, 3.8) is 0 Å². The Morgan fingerprint density at radius 3 is 2.39 bits per heavy atom. The number of anilines is 1. The fourth-order valence-electron chi connectivity index (χ4n) is 3.29. The molecule has 1 aliphatic rings. The molecular formula is C21H20F4N2O5S. The molecule has 2 aromatic rings. The highest BCUT2D eigenvalue weighted by atomic mass is 32.2. The maximum absolute atomic E-state index is 13.7. The van der Waals surface area contributed by atoms with Gasteiger partial charge in [-0.1, -0.05) is 0 Å². The Kier molecular flexibility index (Phi) is 7.38. The van der Waals surface area contributed by atoms with Crippen LogP contribution in [0.15, 0.2) is 41.3 Å². The van der Waals surface area contributed by atoms with Gasteiger partial charge in [0.2, 0.25) is 10.0 Å². The van der Waals surface area contributed by atoms with Crippen LogP contribution in [-0.4, -0.2) is 43.8 Å². The monoisotopic (exact) mass is 488 g/mol. The largest absolute Gasteiger partial charge is 0.452 e. The minimum atomic E-state index is -3.97. The molecule has 2 atom stereocenters. The summed E-state index contributed by atoms with van der Waals surface area (Å²) < 4.78 is 84.9. The fraction of sp³-hybridized carbons (Fsp3) is 0.333. The van der Waals surface area contributed by atoms with Crippen molar-refractivity contribution in [1.82, 2.24) is 4.31 Å². The molecule has 1 fully saturated rings. The number of halogens is 4. The summed E-state index contributed by atoms with van der Waals surface area (Å²) in [6, 6.07) is 5.71. The highest BCUT2D eigenvalue weighted by molar-refractivity contribution is 7.89. The Morgan fingerprint density at radius 1 is 1.06 bits per heavy atom. The summed E-state index contributed by atoms with van der Waals surface area (Å²) in [4.78, 5) is 24.6. The standard InChI is InChI=1S/C21H20F4N2O5S/c1-12(20(28)26-17-9-8-16(23)18(24)19(17)25)32-21(29)13-3-2-10-27(11-13)33(30,31)15-6-4-14(22)5-7-15/h4-9,12-13H,2-3,10-11H2,1H3,(H,26,28). The van der Waals surface area contributed by atoms with Gasteiger partial charge in [0.25, 0.3) is 5.91 Å². The predicted molar refractivity (Wildman–Crippen MR) is 108 cm³/mol. The molecule has 0 aromatic heterocycles. The molecule has 1 saturated heterocycles. The lowest BCUT2D eigenvalue weighted by Crippen LogP contribution is -2.44. The maximum atomic E-state index is 13.7. The van der Waals surface area contributed by atoms with Crippen LogP contribution in [0.5, 0.6) is 0 Å². The van der Waals surface area contributed by atoms with Gasteiger partial charge in [-0.25, -0.2) is 26.0 Å². The van der Waals surface area contributed by atoms with Gasteiger partial charge in [0.1, 0.15) is 5.82 Å². The number of carbonyl (C=O) groups excluding carboxylic acids is 2. The van der Waals surface area contributed by atoms with Crippen LogP contribution in [0.2, 0.25) is 0 Å². The molecule has 0 saturated carbocycles. The molecule has 0 aliphatic carbocycles. The normalized spacial score (nSPS) is 17.9. The van der Waals surface area contributed by atoms with E-state index in [0.29, 0.717) is 18.9 Å². The Hall–Kier alpha value is -2.99. The lowest BCUT2D eigenvalue weighted by molar-refractivity contribution is -0.158. The first-order chi connectivity index (χ1) is 15.5. The number of ether oxygens (including phenoxy) is 1. The van der Waals surface area contributed by atoms with Crippen molar-refractivity contribution in [1.29, 1.82) is 0 Å². The van der Waals surface area contributed by atoms with Crippen molar-refractivity contribution in [2.75, 3.05) is 18.4 Å². The molecular weight excluding hydrogens is 468 g/mol. The molecule has 2 unspecified atom stereocenters. The Bertz CT molecular complexity index is 1160. The van der Waals surface area contributed by atoms with Gasteiger partial charge in [0.15, 0.2) is 23.6 Å². The van der Waals surface area contributed by atoms with E-state index in [4.69, 9.17) is 4.74 Å². The quantitative estimate of drug-likeness (QED) is 0.383. The molecule has 1 N–H and O–H groups in total. The molecule has 0 bridgehead atoms. The smallest absolute Gasteiger partial charge is 0.311 e. The minimum absolute atomic E-state index is 0.126. The number of benzene rings is 2. The molecule has 1 aliphatic heterocycles. The molecule has 12 heteroatoms. The predicted octanol–water partition coefficient (Wildman–Crippen LogP) is 3.21. The summed E-state index contributed by atoms with van der Waals surface area (Å²) in [5.41, 5.74) is -0.629. The molecule has 1 heterocycles. The van der Waals surface area contributed by atoms with E-state index in [-0.39, 0.29) is 18.0 Å². The van der Waals surface area contributed by atoms with Crippen LogP contribution in [-0.2, 0) is 24.3 Å². The number of rotatable bonds is 6. The first-order valence-electron chi connectivity index (χ1n) is 9.91. The van der Waals surface area contributed by atoms with Gasteiger partial charge in [0.05, 0.1) is 16.5 Å². The topological polar surface area (TPSA) is 92.8 Å². The second-order valence-corrected chi connectivity index (χ2v) is 9.39. The summed E-state index contributed by atoms with van der Waals surface area (Å²) >= 11 is 0. The van der Waals surface area contributed by atoms with E-state index in [0.717, 1.165) is 34.6 Å². The number of piperidine rings is 1. The van der Waals surface area contributed by atoms with E-state index >= 15 is 0 Å². The number of hydrogen-bond donors (Lipinski definition) is 1. The van der Waals surface area contributed by atoms with Crippen molar-refractivity contribution in [2.45, 2.75) is 30.8 Å². The van der Waals surface area contributed by atoms with E-state index in [9.17, 15) is 35.6 Å². The number of nitrogens with zero attached hydrogens (tertiary/aromatic N) is 1. The number of sulfonamides is 1. The van der Waals surface area contributed by atoms with E-state index in [1.165, 1.54) is 6.92 Å². The van der Waals surface area contributed by atoms with Crippen LogP contribution in [0.25, 0.3) is 0 Å². The van der Waals surface area contributed by atoms with Gasteiger partial charge in [-0.3, -0.25) is 9.59 Å². The van der Waals surface area contributed by atoms with Crippen molar-refractivity contribution in [3.8, 4) is 0 Å². The second-order valence-electron chi connectivity index (χ2n) is 7.45. The fourth-order valence-corrected chi connectivity index (χ4v) is 4.81. The molecule has 7 nitrogen and oxygen atoms in total. The van der Waals surface area contributed by atoms with Gasteiger partial charge in [-0.05, 0) is 56.2 Å². The Balaban J connectivity index is 1.63. The van der Waals surface area contributed by atoms with Crippen LogP contribution >= 0.6 is 0 Å². The van der Waals surface area contributed by atoms with Crippen molar-refractivity contribution in [2.24, 2.45) is 5.92 Å². The molecule has 33 heavy (non-hydrogen) atoms. The SMILES string of the molecule is CC(OC(=O)C1CCCN(S(=O)(=O)c2ccc(F)cc2)C1)C(=O)Nc1ccc(F)c(F)c1F. The number of hydrogen-bond acceptors (Lipinski definition) is 5. The van der Waals surface area contributed by atoms with Crippen molar-refractivity contribution >= 4 is 27.6 Å². The van der Waals surface area contributed by atoms with E-state index < -0.39 is 62.9 Å². The second kappa shape index (κ2) is 9.87. The molecule has 3 rings (SSSR count). The Morgan fingerprint density at radius 2 is 1.73 bits per heavy atom. The Labute approximate surface area is 187 Å². The molecule has 0 spiro atoms. The zero-order chi connectivity index (χ0) is 24.3. The first kappa shape index (κ1) is 24.6. The van der Waals surface area contributed by atoms with Crippen LogP contribution in [0.3, 0.4) is 0 Å². The minimum Gasteiger partial charge on any atom is -0.452 e. The average Bonchev–Trinajstić information content (AvgIpc) is 2.79. The van der Waals surface area contributed by atoms with Crippen LogP contribution in [0, 0.1) is 29.2 Å². The third-order valence-electron chi connectivity index (χ3n) is 5.12. The van der Waals surface area contributed by atoms with Crippen LogP contribution in [0.4, 0.5) is 23.2 Å². The number of carbonyl (C=O) groups is 2. The van der Waals surface area contributed by atoms with Gasteiger partial charge < -0.3 is 10.1 Å². The average molecular weight is 488 g/mol. The number of esters is 1. The lowest BCUT2D eigenvalue weighted by atomic mass is 10.00. The summed E-state index contributed by atoms with van der Waals surface area (Å²) in [5, 5.41) is 2.01. The van der Waals surface area contributed by atoms with E-state index in [2.05, 4.69) is 0 Å². The summed E-state index contributed by atoms with van der Waals surface area (Å²) in [5.74, 6) is -8.09. The van der Waals surface area contributed by atoms with Gasteiger partial charge in [-0.2, -0.15) is 4.31 Å². The van der Waals surface area contributed by atoms with Gasteiger partial charge in [0, 0.05) is 13.1 Å². The van der Waals surface area contributed by atoms with Crippen LogP contribution in [0.1, 0.15) is 19.8 Å². The lowest BCUT2D eigenvalue weighted by Gasteiger charge is -2.31. The molecule has 0 radical (unpaired) electrons. The highest BCUT2D eigenvalue weighted by Crippen LogP contribution is 2.25. The summed E-state index contributed by atoms with van der Waals surface area (Å²) in [6.07, 6.45) is -0.768. The van der Waals surface area contributed by atoms with Crippen molar-refractivity contribution < 1.29 is 40.3 Å². The van der Waals surface area contributed by atoms with Crippen LogP contribution < -0.4 is 5.32 Å². The zero-order valence-corrected chi connectivity index (χ0v) is 18.2. The summed E-state index contributed by atoms with van der Waals surface area (Å²) in [7, 11) is -3.97. The number of amides is 1. The highest BCUT2D eigenvalue weighted by Gasteiger charge is 2.35. The van der Waals surface area contributed by atoms with E-state index in [1.54, 1.807) is 0 Å². The summed E-state index contributed by atoms with van der Waals surface area (Å²) in [6.45, 7) is 1.14. The van der Waals surface area contributed by atoms with E-state index in [1.807, 2.05) is 5.32 Å². The zero-order valence-electron chi connectivity index (χ0n) is 17.4. The molecule has 178 valence electrons.